The molecule has 0 bridgehead atoms. The van der Waals surface area contributed by atoms with Crippen molar-refractivity contribution in [1.29, 1.82) is 0 Å². The van der Waals surface area contributed by atoms with Crippen LogP contribution in [-0.2, 0) is 9.59 Å². The van der Waals surface area contributed by atoms with E-state index in [1.165, 1.54) is 11.8 Å². The zero-order valence-electron chi connectivity index (χ0n) is 15.6. The summed E-state index contributed by atoms with van der Waals surface area (Å²) in [5, 5.41) is 3.50. The third kappa shape index (κ3) is 3.45. The van der Waals surface area contributed by atoms with Crippen molar-refractivity contribution in [1.82, 2.24) is 4.90 Å². The Balaban J connectivity index is 1.58. The summed E-state index contributed by atoms with van der Waals surface area (Å²) in [4.78, 5) is 35.8. The average Bonchev–Trinajstić information content (AvgIpc) is 3.04. The van der Waals surface area contributed by atoms with E-state index in [4.69, 9.17) is 4.99 Å². The van der Waals surface area contributed by atoms with Crippen LogP contribution in [0.2, 0.25) is 0 Å². The monoisotopic (exact) mass is 392 g/mol. The van der Waals surface area contributed by atoms with E-state index < -0.39 is 6.04 Å². The van der Waals surface area contributed by atoms with Crippen LogP contribution in [0.4, 0.5) is 11.4 Å². The molecule has 0 fully saturated rings. The molecular formula is C21H20N4O2S. The van der Waals surface area contributed by atoms with E-state index in [1.54, 1.807) is 0 Å². The number of thioether (sulfide) groups is 1. The molecule has 7 heteroatoms. The molecule has 0 aromatic heterocycles. The quantitative estimate of drug-likeness (QED) is 0.861. The van der Waals surface area contributed by atoms with Gasteiger partial charge in [0, 0.05) is 11.3 Å². The Labute approximate surface area is 167 Å². The fraction of sp³-hybridized carbons (Fsp3) is 0.238. The second-order valence-corrected chi connectivity index (χ2v) is 7.89. The number of amides is 2. The van der Waals surface area contributed by atoms with Crippen molar-refractivity contribution >= 4 is 46.0 Å². The van der Waals surface area contributed by atoms with E-state index >= 15 is 0 Å². The molecule has 1 unspecified atom stereocenters. The third-order valence-electron chi connectivity index (χ3n) is 4.56. The number of nitrogens with one attached hydrogen (secondary N) is 1. The Morgan fingerprint density at radius 3 is 2.57 bits per heavy atom. The van der Waals surface area contributed by atoms with Crippen molar-refractivity contribution in [2.24, 2.45) is 15.9 Å². The van der Waals surface area contributed by atoms with Gasteiger partial charge in [-0.2, -0.15) is 4.99 Å². The number of hydrogen-bond donors (Lipinski definition) is 1. The zero-order chi connectivity index (χ0) is 19.7. The fourth-order valence-corrected chi connectivity index (χ4v) is 4.15. The van der Waals surface area contributed by atoms with Crippen LogP contribution in [0.25, 0.3) is 0 Å². The number of hydrogen-bond acceptors (Lipinski definition) is 5. The van der Waals surface area contributed by atoms with E-state index in [0.717, 1.165) is 16.9 Å². The third-order valence-corrected chi connectivity index (χ3v) is 5.52. The van der Waals surface area contributed by atoms with E-state index in [9.17, 15) is 9.59 Å². The summed E-state index contributed by atoms with van der Waals surface area (Å²) in [5.74, 6) is 0.605. The zero-order valence-corrected chi connectivity index (χ0v) is 16.4. The second-order valence-electron chi connectivity index (χ2n) is 6.95. The predicted octanol–water partition coefficient (Wildman–Crippen LogP) is 3.67. The smallest absolute Gasteiger partial charge is 0.271 e. The van der Waals surface area contributed by atoms with Crippen molar-refractivity contribution < 1.29 is 9.59 Å². The summed E-state index contributed by atoms with van der Waals surface area (Å²) in [6, 6.07) is 16.6. The van der Waals surface area contributed by atoms with Crippen molar-refractivity contribution in [3.05, 3.63) is 60.2 Å². The fourth-order valence-electron chi connectivity index (χ4n) is 3.32. The molecule has 2 aromatic carbocycles. The molecule has 1 N–H and O–H groups in total. The minimum Gasteiger partial charge on any atom is -0.325 e. The van der Waals surface area contributed by atoms with Gasteiger partial charge < -0.3 is 5.32 Å². The molecule has 1 atom stereocenters. The molecule has 2 aliphatic heterocycles. The average molecular weight is 392 g/mol. The Bertz CT molecular complexity index is 985. The second kappa shape index (κ2) is 7.59. The number of aliphatic imine (C=N–C) groups is 2. The molecule has 2 aliphatic rings. The van der Waals surface area contributed by atoms with Crippen molar-refractivity contribution in [2.75, 3.05) is 11.1 Å². The van der Waals surface area contributed by atoms with Gasteiger partial charge in [-0.05, 0) is 30.2 Å². The first kappa shape index (κ1) is 18.4. The standard InChI is InChI=1S/C21H20N4O2S/c1-13(2)18-20(27)24-19-15-10-6-7-11-16(15)23-21(25(18)19)28-12-17(26)22-14-8-4-3-5-9-14/h3-11,13,18H,12H2,1-2H3,(H,22,26). The first-order valence-corrected chi connectivity index (χ1v) is 10.1. The van der Waals surface area contributed by atoms with Crippen molar-refractivity contribution in [3.8, 4) is 0 Å². The van der Waals surface area contributed by atoms with Gasteiger partial charge in [0.25, 0.3) is 5.91 Å². The number of amidine groups is 2. The molecular weight excluding hydrogens is 372 g/mol. The van der Waals surface area contributed by atoms with Crippen LogP contribution in [0.1, 0.15) is 19.4 Å². The predicted molar refractivity (Wildman–Crippen MR) is 113 cm³/mol. The lowest BCUT2D eigenvalue weighted by molar-refractivity contribution is -0.120. The number of rotatable bonds is 4. The van der Waals surface area contributed by atoms with Crippen LogP contribution in [0.5, 0.6) is 0 Å². The van der Waals surface area contributed by atoms with Crippen LogP contribution < -0.4 is 5.32 Å². The minimum absolute atomic E-state index is 0.0722. The Morgan fingerprint density at radius 1 is 1.11 bits per heavy atom. The van der Waals surface area contributed by atoms with Gasteiger partial charge in [-0.25, -0.2) is 4.99 Å². The maximum absolute atomic E-state index is 12.5. The summed E-state index contributed by atoms with van der Waals surface area (Å²) in [7, 11) is 0. The van der Waals surface area contributed by atoms with Crippen LogP contribution in [0.15, 0.2) is 64.6 Å². The summed E-state index contributed by atoms with van der Waals surface area (Å²) in [6.45, 7) is 3.98. The SMILES string of the molecule is CC(C)C1C(=O)N=C2c3ccccc3N=C(SCC(=O)Nc3ccccc3)N21. The Kier molecular flexibility index (Phi) is 5.00. The molecule has 4 rings (SSSR count). The molecule has 0 spiro atoms. The highest BCUT2D eigenvalue weighted by atomic mass is 32.2. The molecule has 0 saturated carbocycles. The number of nitrogens with zero attached hydrogens (tertiary/aromatic N) is 3. The Hall–Kier alpha value is -2.93. The van der Waals surface area contributed by atoms with E-state index in [0.29, 0.717) is 11.0 Å². The molecule has 2 aromatic rings. The van der Waals surface area contributed by atoms with Gasteiger partial charge in [0.05, 0.1) is 11.4 Å². The van der Waals surface area contributed by atoms with Gasteiger partial charge in [0.15, 0.2) is 5.17 Å². The minimum atomic E-state index is -0.396. The topological polar surface area (TPSA) is 74.1 Å². The van der Waals surface area contributed by atoms with E-state index in [1.807, 2.05) is 73.3 Å². The number of carbonyl (C=O) groups excluding carboxylic acids is 2. The van der Waals surface area contributed by atoms with Gasteiger partial charge in [-0.3, -0.25) is 14.5 Å². The highest BCUT2D eigenvalue weighted by Crippen LogP contribution is 2.35. The molecule has 2 amide bonds. The highest BCUT2D eigenvalue weighted by molar-refractivity contribution is 8.14. The molecule has 28 heavy (non-hydrogen) atoms. The highest BCUT2D eigenvalue weighted by Gasteiger charge is 2.43. The van der Waals surface area contributed by atoms with Crippen LogP contribution >= 0.6 is 11.8 Å². The molecule has 142 valence electrons. The maximum atomic E-state index is 12.5. The van der Waals surface area contributed by atoms with Gasteiger partial charge >= 0.3 is 0 Å². The summed E-state index contributed by atoms with van der Waals surface area (Å²) in [5.41, 5.74) is 2.36. The van der Waals surface area contributed by atoms with Gasteiger partial charge in [0.2, 0.25) is 5.91 Å². The lowest BCUT2D eigenvalue weighted by Gasteiger charge is -2.32. The summed E-state index contributed by atoms with van der Waals surface area (Å²) < 4.78 is 0. The molecule has 0 aliphatic carbocycles. The number of anilines is 1. The van der Waals surface area contributed by atoms with Gasteiger partial charge in [0.1, 0.15) is 11.9 Å². The van der Waals surface area contributed by atoms with Crippen molar-refractivity contribution in [2.45, 2.75) is 19.9 Å². The lowest BCUT2D eigenvalue weighted by Crippen LogP contribution is -2.46. The first-order valence-electron chi connectivity index (χ1n) is 9.12. The van der Waals surface area contributed by atoms with Gasteiger partial charge in [-0.15, -0.1) is 0 Å². The molecule has 0 radical (unpaired) electrons. The van der Waals surface area contributed by atoms with Gasteiger partial charge in [-0.1, -0.05) is 55.9 Å². The van der Waals surface area contributed by atoms with Crippen molar-refractivity contribution in [3.63, 3.8) is 0 Å². The summed E-state index contributed by atoms with van der Waals surface area (Å²) in [6.07, 6.45) is 0. The first-order chi connectivity index (χ1) is 13.5. The summed E-state index contributed by atoms with van der Waals surface area (Å²) >= 11 is 1.32. The molecule has 0 saturated heterocycles. The largest absolute Gasteiger partial charge is 0.325 e. The molecule has 6 nitrogen and oxygen atoms in total. The number of fused-ring (bicyclic) bond motifs is 3. The normalized spacial score (nSPS) is 17.8. The Morgan fingerprint density at radius 2 is 1.82 bits per heavy atom. The number of para-hydroxylation sites is 2. The lowest BCUT2D eigenvalue weighted by atomic mass is 10.0. The van der Waals surface area contributed by atoms with Crippen LogP contribution in [-0.4, -0.2) is 39.5 Å². The maximum Gasteiger partial charge on any atom is 0.271 e. The number of carbonyl (C=O) groups is 2. The van der Waals surface area contributed by atoms with Crippen LogP contribution in [0.3, 0.4) is 0 Å². The number of benzene rings is 2. The van der Waals surface area contributed by atoms with E-state index in [-0.39, 0.29) is 23.5 Å². The van der Waals surface area contributed by atoms with E-state index in [2.05, 4.69) is 10.3 Å². The van der Waals surface area contributed by atoms with Crippen LogP contribution in [0, 0.1) is 5.92 Å². The molecule has 2 heterocycles.